The Morgan fingerprint density at radius 1 is 0.935 bits per heavy atom. The van der Waals surface area contributed by atoms with Crippen molar-refractivity contribution in [1.82, 2.24) is 0 Å². The van der Waals surface area contributed by atoms with Gasteiger partial charge in [-0.1, -0.05) is 6.07 Å². The van der Waals surface area contributed by atoms with Gasteiger partial charge in [-0.25, -0.2) is 4.79 Å². The zero-order valence-corrected chi connectivity index (χ0v) is 15.7. The van der Waals surface area contributed by atoms with E-state index < -0.39 is 44.5 Å². The predicted octanol–water partition coefficient (Wildman–Crippen LogP) is 3.55. The maximum atomic E-state index is 13.0. The quantitative estimate of drug-likeness (QED) is 0.552. The van der Waals surface area contributed by atoms with Crippen molar-refractivity contribution in [3.63, 3.8) is 0 Å². The first-order valence-corrected chi connectivity index (χ1v) is 8.86. The van der Waals surface area contributed by atoms with Gasteiger partial charge in [0, 0.05) is 44.0 Å². The predicted molar refractivity (Wildman–Crippen MR) is 103 cm³/mol. The molecule has 1 saturated heterocycles. The molecule has 0 radical (unpaired) electrons. The van der Waals surface area contributed by atoms with Crippen LogP contribution in [0.1, 0.15) is 15.9 Å². The average molecular weight is 440 g/mol. The summed E-state index contributed by atoms with van der Waals surface area (Å²) in [5, 5.41) is 32.0. The van der Waals surface area contributed by atoms with Gasteiger partial charge in [-0.3, -0.25) is 20.2 Å². The summed E-state index contributed by atoms with van der Waals surface area (Å²) in [5.74, 6) is -1.55. The molecule has 13 heteroatoms. The molecule has 2 aromatic carbocycles. The molecule has 0 spiro atoms. The molecule has 0 amide bonds. The fraction of sp³-hybridized carbons (Fsp3) is 0.278. The smallest absolute Gasteiger partial charge is 0.416 e. The lowest BCUT2D eigenvalue weighted by atomic mass is 10.1. The van der Waals surface area contributed by atoms with Crippen LogP contribution in [0.4, 0.5) is 35.9 Å². The molecule has 1 N–H and O–H groups in total. The molecule has 0 bridgehead atoms. The number of nitrogens with zero attached hydrogens (tertiary/aromatic N) is 4. The van der Waals surface area contributed by atoms with Crippen LogP contribution in [0, 0.1) is 20.2 Å². The Hall–Kier alpha value is -3.90. The van der Waals surface area contributed by atoms with Gasteiger partial charge in [-0.15, -0.1) is 0 Å². The standard InChI is InChI=1S/C18H15F3N4O6/c19-18(20,21)12-2-1-3-13(10-12)22-4-6-23(7-5-22)16-14(24(28)29)8-11(17(26)27)9-15(16)25(30)31/h1-3,8-10H,4-7H2,(H,26,27). The third-order valence-electron chi connectivity index (χ3n) is 4.84. The summed E-state index contributed by atoms with van der Waals surface area (Å²) >= 11 is 0. The number of piperazine rings is 1. The Labute approximate surface area is 172 Å². The van der Waals surface area contributed by atoms with Gasteiger partial charge < -0.3 is 14.9 Å². The molecular formula is C18H15F3N4O6. The molecule has 3 rings (SSSR count). The maximum absolute atomic E-state index is 13.0. The van der Waals surface area contributed by atoms with Gasteiger partial charge >= 0.3 is 23.5 Å². The number of carboxylic acid groups (broad SMARTS) is 1. The lowest BCUT2D eigenvalue weighted by molar-refractivity contribution is -0.392. The van der Waals surface area contributed by atoms with Crippen molar-refractivity contribution >= 4 is 28.7 Å². The van der Waals surface area contributed by atoms with Crippen molar-refractivity contribution in [3.8, 4) is 0 Å². The summed E-state index contributed by atoms with van der Waals surface area (Å²) in [6.45, 7) is 0.390. The van der Waals surface area contributed by atoms with Crippen LogP contribution < -0.4 is 9.80 Å². The Kier molecular flexibility index (Phi) is 5.69. The van der Waals surface area contributed by atoms with E-state index in [0.717, 1.165) is 24.3 Å². The van der Waals surface area contributed by atoms with E-state index in [0.29, 0.717) is 5.69 Å². The van der Waals surface area contributed by atoms with Gasteiger partial charge in [0.15, 0.2) is 5.69 Å². The molecule has 10 nitrogen and oxygen atoms in total. The van der Waals surface area contributed by atoms with E-state index in [9.17, 15) is 38.2 Å². The van der Waals surface area contributed by atoms with Crippen LogP contribution in [0.3, 0.4) is 0 Å². The van der Waals surface area contributed by atoms with E-state index in [1.165, 1.54) is 17.0 Å². The van der Waals surface area contributed by atoms with Gasteiger partial charge in [-0.2, -0.15) is 13.2 Å². The number of benzene rings is 2. The van der Waals surface area contributed by atoms with Crippen LogP contribution in [0.2, 0.25) is 0 Å². The minimum atomic E-state index is -4.51. The lowest BCUT2D eigenvalue weighted by Gasteiger charge is -2.37. The first-order chi connectivity index (χ1) is 14.5. The molecule has 2 aromatic rings. The van der Waals surface area contributed by atoms with Crippen LogP contribution in [0.5, 0.6) is 0 Å². The summed E-state index contributed by atoms with van der Waals surface area (Å²) in [6, 6.07) is 6.20. The zero-order chi connectivity index (χ0) is 22.9. The number of hydrogen-bond acceptors (Lipinski definition) is 7. The lowest BCUT2D eigenvalue weighted by Crippen LogP contribution is -2.47. The summed E-state index contributed by atoms with van der Waals surface area (Å²) in [4.78, 5) is 35.4. The molecule has 0 saturated carbocycles. The zero-order valence-electron chi connectivity index (χ0n) is 15.7. The number of carbonyl (C=O) groups is 1. The van der Waals surface area contributed by atoms with E-state index in [-0.39, 0.29) is 31.9 Å². The first kappa shape index (κ1) is 21.8. The third-order valence-corrected chi connectivity index (χ3v) is 4.84. The monoisotopic (exact) mass is 440 g/mol. The largest absolute Gasteiger partial charge is 0.478 e. The highest BCUT2D eigenvalue weighted by molar-refractivity contribution is 5.92. The van der Waals surface area contributed by atoms with Crippen molar-refractivity contribution in [2.45, 2.75) is 6.18 Å². The van der Waals surface area contributed by atoms with Gasteiger partial charge in [0.25, 0.3) is 0 Å². The molecular weight excluding hydrogens is 425 g/mol. The second-order valence-corrected chi connectivity index (χ2v) is 6.70. The Balaban J connectivity index is 1.91. The molecule has 1 aliphatic heterocycles. The van der Waals surface area contributed by atoms with Crippen molar-refractivity contribution in [2.24, 2.45) is 0 Å². The van der Waals surface area contributed by atoms with Crippen LogP contribution in [0.25, 0.3) is 0 Å². The highest BCUT2D eigenvalue weighted by atomic mass is 19.4. The van der Waals surface area contributed by atoms with E-state index in [1.807, 2.05) is 0 Å². The molecule has 0 atom stereocenters. The molecule has 1 heterocycles. The number of carboxylic acids is 1. The summed E-state index contributed by atoms with van der Waals surface area (Å²) in [6.07, 6.45) is -4.51. The highest BCUT2D eigenvalue weighted by Crippen LogP contribution is 2.40. The Bertz CT molecular complexity index is 1020. The maximum Gasteiger partial charge on any atom is 0.416 e. The van der Waals surface area contributed by atoms with Crippen LogP contribution in [-0.2, 0) is 6.18 Å². The third kappa shape index (κ3) is 4.49. The Morgan fingerprint density at radius 2 is 1.45 bits per heavy atom. The minimum Gasteiger partial charge on any atom is -0.478 e. The molecule has 164 valence electrons. The number of hydrogen-bond donors (Lipinski definition) is 1. The van der Waals surface area contributed by atoms with Crippen LogP contribution in [0.15, 0.2) is 36.4 Å². The van der Waals surface area contributed by atoms with Gasteiger partial charge in [0.2, 0.25) is 0 Å². The summed E-state index contributed by atoms with van der Waals surface area (Å²) in [7, 11) is 0. The van der Waals surface area contributed by atoms with Gasteiger partial charge in [-0.05, 0) is 18.2 Å². The highest BCUT2D eigenvalue weighted by Gasteiger charge is 2.35. The van der Waals surface area contributed by atoms with Crippen molar-refractivity contribution < 1.29 is 32.9 Å². The topological polar surface area (TPSA) is 130 Å². The van der Waals surface area contributed by atoms with Crippen molar-refractivity contribution in [1.29, 1.82) is 0 Å². The molecule has 0 aliphatic carbocycles. The van der Waals surface area contributed by atoms with E-state index in [1.54, 1.807) is 4.90 Å². The molecule has 0 aromatic heterocycles. The molecule has 0 unspecified atom stereocenters. The second kappa shape index (κ2) is 8.08. The average Bonchev–Trinajstić information content (AvgIpc) is 2.72. The molecule has 1 fully saturated rings. The van der Waals surface area contributed by atoms with Gasteiger partial charge in [0.05, 0.1) is 21.0 Å². The van der Waals surface area contributed by atoms with E-state index in [4.69, 9.17) is 5.11 Å². The number of alkyl halides is 3. The number of anilines is 2. The number of nitro groups is 2. The van der Waals surface area contributed by atoms with E-state index in [2.05, 4.69) is 0 Å². The van der Waals surface area contributed by atoms with Crippen molar-refractivity contribution in [3.05, 3.63) is 67.8 Å². The van der Waals surface area contributed by atoms with Gasteiger partial charge in [0.1, 0.15) is 0 Å². The summed E-state index contributed by atoms with van der Waals surface area (Å²) in [5.41, 5.74) is -2.88. The number of rotatable bonds is 5. The summed E-state index contributed by atoms with van der Waals surface area (Å²) < 4.78 is 38.9. The van der Waals surface area contributed by atoms with Crippen LogP contribution in [-0.4, -0.2) is 47.1 Å². The van der Waals surface area contributed by atoms with E-state index >= 15 is 0 Å². The minimum absolute atomic E-state index is 0.0460. The normalized spacial score (nSPS) is 14.4. The van der Waals surface area contributed by atoms with Crippen molar-refractivity contribution in [2.75, 3.05) is 36.0 Å². The fourth-order valence-corrected chi connectivity index (χ4v) is 3.40. The Morgan fingerprint density at radius 3 is 1.90 bits per heavy atom. The number of aromatic carboxylic acids is 1. The number of halogens is 3. The number of nitro benzene ring substituents is 2. The molecule has 31 heavy (non-hydrogen) atoms. The second-order valence-electron chi connectivity index (χ2n) is 6.70. The fourth-order valence-electron chi connectivity index (χ4n) is 3.40. The SMILES string of the molecule is O=C(O)c1cc([N+](=O)[O-])c(N2CCN(c3cccc(C(F)(F)F)c3)CC2)c([N+](=O)[O-])c1. The molecule has 1 aliphatic rings. The van der Waals surface area contributed by atoms with Crippen LogP contribution >= 0.6 is 0 Å². The first-order valence-electron chi connectivity index (χ1n) is 8.86.